The molecule has 0 radical (unpaired) electrons. The van der Waals surface area contributed by atoms with Crippen LogP contribution in [0.25, 0.3) is 0 Å². The van der Waals surface area contributed by atoms with Gasteiger partial charge in [-0.2, -0.15) is 0 Å². The van der Waals surface area contributed by atoms with Crippen LogP contribution in [0.4, 0.5) is 5.69 Å². The maximum atomic E-state index is 12.2. The minimum atomic E-state index is -0.0236. The molecule has 2 aromatic rings. The van der Waals surface area contributed by atoms with E-state index in [4.69, 9.17) is 0 Å². The molecule has 2 nitrogen and oxygen atoms in total. The van der Waals surface area contributed by atoms with Gasteiger partial charge in [0.05, 0.1) is 0 Å². The summed E-state index contributed by atoms with van der Waals surface area (Å²) in [5.74, 6) is -0.0236. The number of anilines is 1. The molecule has 17 heavy (non-hydrogen) atoms. The first kappa shape index (κ1) is 11.7. The Kier molecular flexibility index (Phi) is 3.49. The lowest BCUT2D eigenvalue weighted by molar-refractivity contribution is 0.0993. The largest absolute Gasteiger partial charge is 0.311 e. The summed E-state index contributed by atoms with van der Waals surface area (Å²) in [5, 5.41) is 0. The number of hydrogen-bond acceptors (Lipinski definition) is 2. The molecule has 86 valence electrons. The molecule has 0 N–H and O–H groups in total. The van der Waals surface area contributed by atoms with Gasteiger partial charge in [0.2, 0.25) is 0 Å². The van der Waals surface area contributed by atoms with Crippen LogP contribution in [0.2, 0.25) is 0 Å². The highest BCUT2D eigenvalue weighted by atomic mass is 32.1. The molecule has 0 aliphatic carbocycles. The lowest BCUT2D eigenvalue weighted by Gasteiger charge is -2.17. The fourth-order valence-corrected chi connectivity index (χ4v) is 1.72. The lowest BCUT2D eigenvalue weighted by Crippen LogP contribution is -2.25. The van der Waals surface area contributed by atoms with Crippen molar-refractivity contribution < 1.29 is 4.79 Å². The average molecular weight is 243 g/mol. The van der Waals surface area contributed by atoms with Gasteiger partial charge in [0.1, 0.15) is 0 Å². The van der Waals surface area contributed by atoms with Gasteiger partial charge in [0.25, 0.3) is 5.91 Å². The lowest BCUT2D eigenvalue weighted by atomic mass is 10.2. The van der Waals surface area contributed by atoms with Crippen molar-refractivity contribution >= 4 is 24.2 Å². The van der Waals surface area contributed by atoms with E-state index < -0.39 is 0 Å². The molecule has 0 atom stereocenters. The summed E-state index contributed by atoms with van der Waals surface area (Å²) in [4.78, 5) is 14.6. The van der Waals surface area contributed by atoms with Crippen molar-refractivity contribution in [3.8, 4) is 0 Å². The van der Waals surface area contributed by atoms with Crippen LogP contribution in [0, 0.1) is 0 Å². The number of para-hydroxylation sites is 1. The second-order valence-corrected chi connectivity index (χ2v) is 4.26. The maximum Gasteiger partial charge on any atom is 0.258 e. The predicted molar refractivity (Wildman–Crippen MR) is 72.9 cm³/mol. The highest BCUT2D eigenvalue weighted by Gasteiger charge is 2.12. The second kappa shape index (κ2) is 5.06. The molecule has 0 saturated carbocycles. The Labute approximate surface area is 106 Å². The Morgan fingerprint density at radius 3 is 2.18 bits per heavy atom. The molecule has 3 heteroatoms. The Morgan fingerprint density at radius 1 is 1.00 bits per heavy atom. The van der Waals surface area contributed by atoms with Gasteiger partial charge in [-0.3, -0.25) is 4.79 Å². The van der Waals surface area contributed by atoms with Gasteiger partial charge in [-0.1, -0.05) is 18.2 Å². The van der Waals surface area contributed by atoms with E-state index in [0.717, 1.165) is 10.6 Å². The van der Waals surface area contributed by atoms with Crippen molar-refractivity contribution in [2.45, 2.75) is 4.90 Å². The van der Waals surface area contributed by atoms with Gasteiger partial charge in [0.15, 0.2) is 0 Å². The van der Waals surface area contributed by atoms with Gasteiger partial charge in [-0.25, -0.2) is 0 Å². The number of carbonyl (C=O) groups excluding carboxylic acids is 1. The van der Waals surface area contributed by atoms with Crippen LogP contribution in [0.3, 0.4) is 0 Å². The summed E-state index contributed by atoms with van der Waals surface area (Å²) in [6.07, 6.45) is 0. The van der Waals surface area contributed by atoms with Crippen molar-refractivity contribution in [1.82, 2.24) is 0 Å². The van der Waals surface area contributed by atoms with Crippen molar-refractivity contribution in [1.29, 1.82) is 0 Å². The third kappa shape index (κ3) is 2.68. The molecule has 0 fully saturated rings. The van der Waals surface area contributed by atoms with E-state index in [1.807, 2.05) is 42.5 Å². The van der Waals surface area contributed by atoms with Crippen LogP contribution >= 0.6 is 12.6 Å². The molecule has 0 aliphatic rings. The van der Waals surface area contributed by atoms with Gasteiger partial charge >= 0.3 is 0 Å². The first-order valence-corrected chi connectivity index (χ1v) is 5.75. The molecular weight excluding hydrogens is 230 g/mol. The van der Waals surface area contributed by atoms with Gasteiger partial charge in [-0.05, 0) is 36.4 Å². The summed E-state index contributed by atoms with van der Waals surface area (Å²) in [7, 11) is 1.77. The molecule has 2 aromatic carbocycles. The maximum absolute atomic E-state index is 12.2. The summed E-state index contributed by atoms with van der Waals surface area (Å²) in [6, 6.07) is 16.8. The molecule has 2 rings (SSSR count). The van der Waals surface area contributed by atoms with Crippen molar-refractivity contribution in [3.63, 3.8) is 0 Å². The molecule has 0 bridgehead atoms. The van der Waals surface area contributed by atoms with E-state index in [1.54, 1.807) is 24.1 Å². The zero-order chi connectivity index (χ0) is 12.3. The number of carbonyl (C=O) groups is 1. The van der Waals surface area contributed by atoms with E-state index >= 15 is 0 Å². The van der Waals surface area contributed by atoms with Crippen LogP contribution in [0.1, 0.15) is 10.4 Å². The highest BCUT2D eigenvalue weighted by Crippen LogP contribution is 2.15. The predicted octanol–water partition coefficient (Wildman–Crippen LogP) is 3.25. The Hall–Kier alpha value is -1.74. The summed E-state index contributed by atoms with van der Waals surface area (Å²) < 4.78 is 0. The molecule has 0 aliphatic heterocycles. The first-order chi connectivity index (χ1) is 8.18. The fraction of sp³-hybridized carbons (Fsp3) is 0.0714. The Morgan fingerprint density at radius 2 is 1.59 bits per heavy atom. The van der Waals surface area contributed by atoms with Gasteiger partial charge in [0, 0.05) is 23.2 Å². The normalized spacial score (nSPS) is 10.0. The fourth-order valence-electron chi connectivity index (χ4n) is 1.57. The average Bonchev–Trinajstić information content (AvgIpc) is 2.39. The van der Waals surface area contributed by atoms with Gasteiger partial charge < -0.3 is 4.90 Å². The minimum Gasteiger partial charge on any atom is -0.311 e. The van der Waals surface area contributed by atoms with Crippen molar-refractivity contribution in [3.05, 3.63) is 60.2 Å². The summed E-state index contributed by atoms with van der Waals surface area (Å²) >= 11 is 4.20. The zero-order valence-corrected chi connectivity index (χ0v) is 10.4. The standard InChI is InChI=1S/C14H13NOS/c1-15(12-5-3-2-4-6-12)14(16)11-7-9-13(17)10-8-11/h2-10,17H,1H3. The molecule has 0 heterocycles. The second-order valence-electron chi connectivity index (χ2n) is 3.75. The van der Waals surface area contributed by atoms with Crippen LogP contribution < -0.4 is 4.90 Å². The number of hydrogen-bond donors (Lipinski definition) is 1. The third-order valence-corrected chi connectivity index (χ3v) is 2.86. The van der Waals surface area contributed by atoms with E-state index in [-0.39, 0.29) is 5.91 Å². The van der Waals surface area contributed by atoms with E-state index in [2.05, 4.69) is 12.6 Å². The minimum absolute atomic E-state index is 0.0236. The van der Waals surface area contributed by atoms with Crippen LogP contribution in [0.15, 0.2) is 59.5 Å². The number of benzene rings is 2. The smallest absolute Gasteiger partial charge is 0.258 e. The number of amides is 1. The van der Waals surface area contributed by atoms with Crippen molar-refractivity contribution in [2.24, 2.45) is 0 Å². The topological polar surface area (TPSA) is 20.3 Å². The van der Waals surface area contributed by atoms with E-state index in [0.29, 0.717) is 5.56 Å². The molecule has 1 amide bonds. The Balaban J connectivity index is 2.23. The van der Waals surface area contributed by atoms with Crippen molar-refractivity contribution in [2.75, 3.05) is 11.9 Å². The third-order valence-electron chi connectivity index (χ3n) is 2.56. The molecule has 0 saturated heterocycles. The first-order valence-electron chi connectivity index (χ1n) is 5.30. The monoisotopic (exact) mass is 243 g/mol. The Bertz CT molecular complexity index is 508. The van der Waals surface area contributed by atoms with Crippen LogP contribution in [-0.2, 0) is 0 Å². The highest BCUT2D eigenvalue weighted by molar-refractivity contribution is 7.80. The zero-order valence-electron chi connectivity index (χ0n) is 9.50. The molecular formula is C14H13NOS. The van der Waals surface area contributed by atoms with Crippen LogP contribution in [-0.4, -0.2) is 13.0 Å². The number of nitrogens with zero attached hydrogens (tertiary/aromatic N) is 1. The summed E-state index contributed by atoms with van der Waals surface area (Å²) in [6.45, 7) is 0. The van der Waals surface area contributed by atoms with E-state index in [1.165, 1.54) is 0 Å². The van der Waals surface area contributed by atoms with Gasteiger partial charge in [-0.15, -0.1) is 12.6 Å². The van der Waals surface area contributed by atoms with Crippen LogP contribution in [0.5, 0.6) is 0 Å². The molecule has 0 aromatic heterocycles. The number of thiol groups is 1. The SMILES string of the molecule is CN(C(=O)c1ccc(S)cc1)c1ccccc1. The summed E-state index contributed by atoms with van der Waals surface area (Å²) in [5.41, 5.74) is 1.54. The molecule has 0 spiro atoms. The van der Waals surface area contributed by atoms with E-state index in [9.17, 15) is 4.79 Å². The molecule has 0 unspecified atom stereocenters. The quantitative estimate of drug-likeness (QED) is 0.803. The number of rotatable bonds is 2.